The maximum atomic E-state index is 6.53. The fraction of sp³-hybridized carbons (Fsp3) is 0.0789. The molecule has 1 aliphatic rings. The fourth-order valence-corrected chi connectivity index (χ4v) is 6.41. The molecule has 1 aliphatic carbocycles. The summed E-state index contributed by atoms with van der Waals surface area (Å²) in [5.41, 5.74) is 13.3. The molecule has 2 nitrogen and oxygen atoms in total. The van der Waals surface area contributed by atoms with E-state index in [1.807, 2.05) is 12.1 Å². The SMILES string of the molecule is CC1(C)c2ccc(-c3cc(-c4ccccc4)cc(-c4ccccc4)n3)cc2-c2c1ccc1c2oc2ccccc21. The number of fused-ring (bicyclic) bond motifs is 7. The normalized spacial score (nSPS) is 13.4. The van der Waals surface area contributed by atoms with E-state index in [9.17, 15) is 0 Å². The van der Waals surface area contributed by atoms with Gasteiger partial charge in [-0.25, -0.2) is 4.98 Å². The first-order valence-electron chi connectivity index (χ1n) is 13.8. The molecule has 0 spiro atoms. The molecule has 2 heterocycles. The molecule has 0 amide bonds. The van der Waals surface area contributed by atoms with Gasteiger partial charge in [0.05, 0.1) is 11.4 Å². The fourth-order valence-electron chi connectivity index (χ4n) is 6.41. The van der Waals surface area contributed by atoms with E-state index in [1.165, 1.54) is 33.2 Å². The molecule has 2 aromatic heterocycles. The van der Waals surface area contributed by atoms with Gasteiger partial charge in [0.2, 0.25) is 0 Å². The van der Waals surface area contributed by atoms with Gasteiger partial charge in [0, 0.05) is 32.9 Å². The Balaban J connectivity index is 1.37. The van der Waals surface area contributed by atoms with Crippen molar-refractivity contribution in [1.82, 2.24) is 4.98 Å². The Morgan fingerprint density at radius 2 is 1.18 bits per heavy atom. The molecule has 190 valence electrons. The van der Waals surface area contributed by atoms with Gasteiger partial charge >= 0.3 is 0 Å². The van der Waals surface area contributed by atoms with Gasteiger partial charge < -0.3 is 4.42 Å². The van der Waals surface area contributed by atoms with Crippen molar-refractivity contribution in [3.8, 4) is 44.8 Å². The summed E-state index contributed by atoms with van der Waals surface area (Å²) < 4.78 is 6.53. The Labute approximate surface area is 233 Å². The second-order valence-corrected chi connectivity index (χ2v) is 11.2. The summed E-state index contributed by atoms with van der Waals surface area (Å²) in [5, 5.41) is 2.33. The van der Waals surface area contributed by atoms with E-state index in [4.69, 9.17) is 9.40 Å². The van der Waals surface area contributed by atoms with Crippen molar-refractivity contribution in [2.45, 2.75) is 19.3 Å². The van der Waals surface area contributed by atoms with Crippen LogP contribution in [0, 0.1) is 0 Å². The molecule has 0 saturated heterocycles. The zero-order chi connectivity index (χ0) is 26.8. The van der Waals surface area contributed by atoms with Crippen LogP contribution in [0.15, 0.2) is 132 Å². The predicted molar refractivity (Wildman–Crippen MR) is 165 cm³/mol. The van der Waals surface area contributed by atoms with Crippen LogP contribution >= 0.6 is 0 Å². The van der Waals surface area contributed by atoms with Crippen molar-refractivity contribution >= 4 is 21.9 Å². The average molecular weight is 514 g/mol. The quantitative estimate of drug-likeness (QED) is 0.235. The van der Waals surface area contributed by atoms with Crippen LogP contribution in [0.5, 0.6) is 0 Å². The average Bonchev–Trinajstić information content (AvgIpc) is 3.50. The summed E-state index contributed by atoms with van der Waals surface area (Å²) >= 11 is 0. The highest BCUT2D eigenvalue weighted by Gasteiger charge is 2.38. The highest BCUT2D eigenvalue weighted by atomic mass is 16.3. The van der Waals surface area contributed by atoms with Crippen molar-refractivity contribution in [2.75, 3.05) is 0 Å². The number of benzene rings is 5. The van der Waals surface area contributed by atoms with Crippen molar-refractivity contribution in [3.63, 3.8) is 0 Å². The maximum Gasteiger partial charge on any atom is 0.143 e. The van der Waals surface area contributed by atoms with E-state index in [-0.39, 0.29) is 5.41 Å². The Morgan fingerprint density at radius 1 is 0.525 bits per heavy atom. The van der Waals surface area contributed by atoms with Crippen LogP contribution in [0.4, 0.5) is 0 Å². The smallest absolute Gasteiger partial charge is 0.143 e. The van der Waals surface area contributed by atoms with Crippen molar-refractivity contribution in [1.29, 1.82) is 0 Å². The molecular formula is C38H27NO. The molecule has 0 atom stereocenters. The number of furan rings is 1. The molecule has 0 N–H and O–H groups in total. The lowest BCUT2D eigenvalue weighted by atomic mass is 9.82. The number of hydrogen-bond acceptors (Lipinski definition) is 2. The van der Waals surface area contributed by atoms with E-state index in [0.717, 1.165) is 44.6 Å². The van der Waals surface area contributed by atoms with Gasteiger partial charge in [-0.1, -0.05) is 117 Å². The summed E-state index contributed by atoms with van der Waals surface area (Å²) in [6.07, 6.45) is 0. The standard InChI is InChI=1S/C38H27NO/c1-38(2)31-19-17-26(21-30(31)36-32(38)20-18-29-28-15-9-10-16-35(28)40-37(29)36)34-23-27(24-11-5-3-6-12-24)22-33(39-34)25-13-7-4-8-14-25/h3-23H,1-2H3. The monoisotopic (exact) mass is 513 g/mol. The summed E-state index contributed by atoms with van der Waals surface area (Å²) in [6, 6.07) is 45.1. The molecule has 40 heavy (non-hydrogen) atoms. The van der Waals surface area contributed by atoms with E-state index < -0.39 is 0 Å². The van der Waals surface area contributed by atoms with Crippen LogP contribution in [0.25, 0.3) is 66.7 Å². The lowest BCUT2D eigenvalue weighted by Gasteiger charge is -2.21. The molecule has 7 aromatic rings. The molecule has 0 unspecified atom stereocenters. The molecule has 5 aromatic carbocycles. The minimum atomic E-state index is -0.120. The minimum Gasteiger partial charge on any atom is -0.455 e. The highest BCUT2D eigenvalue weighted by Crippen LogP contribution is 2.53. The van der Waals surface area contributed by atoms with Gasteiger partial charge in [-0.2, -0.15) is 0 Å². The van der Waals surface area contributed by atoms with Gasteiger partial charge in [-0.15, -0.1) is 0 Å². The maximum absolute atomic E-state index is 6.53. The molecule has 0 bridgehead atoms. The zero-order valence-electron chi connectivity index (χ0n) is 22.5. The van der Waals surface area contributed by atoms with E-state index in [0.29, 0.717) is 0 Å². The van der Waals surface area contributed by atoms with Gasteiger partial charge in [-0.05, 0) is 52.1 Å². The topological polar surface area (TPSA) is 26.0 Å². The second kappa shape index (κ2) is 8.53. The summed E-state index contributed by atoms with van der Waals surface area (Å²) in [4.78, 5) is 5.19. The van der Waals surface area contributed by atoms with Crippen LogP contribution in [0.3, 0.4) is 0 Å². The lowest BCUT2D eigenvalue weighted by molar-refractivity contribution is 0.653. The molecule has 8 rings (SSSR count). The summed E-state index contributed by atoms with van der Waals surface area (Å²) in [5.74, 6) is 0. The molecule has 0 saturated carbocycles. The molecular weight excluding hydrogens is 486 g/mol. The first-order valence-corrected chi connectivity index (χ1v) is 13.8. The number of pyridine rings is 1. The summed E-state index contributed by atoms with van der Waals surface area (Å²) in [6.45, 7) is 4.63. The number of nitrogens with zero attached hydrogens (tertiary/aromatic N) is 1. The predicted octanol–water partition coefficient (Wildman–Crippen LogP) is 10.3. The van der Waals surface area contributed by atoms with Crippen LogP contribution < -0.4 is 0 Å². The van der Waals surface area contributed by atoms with Gasteiger partial charge in [0.1, 0.15) is 11.2 Å². The van der Waals surface area contributed by atoms with Crippen LogP contribution in [-0.4, -0.2) is 4.98 Å². The van der Waals surface area contributed by atoms with Gasteiger partial charge in [-0.3, -0.25) is 0 Å². The van der Waals surface area contributed by atoms with E-state index in [1.54, 1.807) is 0 Å². The van der Waals surface area contributed by atoms with Gasteiger partial charge in [0.15, 0.2) is 0 Å². The highest BCUT2D eigenvalue weighted by molar-refractivity contribution is 6.12. The largest absolute Gasteiger partial charge is 0.455 e. The Morgan fingerprint density at radius 3 is 1.95 bits per heavy atom. The third kappa shape index (κ3) is 3.39. The molecule has 2 heteroatoms. The van der Waals surface area contributed by atoms with Crippen molar-refractivity contribution in [3.05, 3.63) is 139 Å². The Hall–Kier alpha value is -4.95. The van der Waals surface area contributed by atoms with Crippen molar-refractivity contribution in [2.24, 2.45) is 0 Å². The Bertz CT molecular complexity index is 2010. The number of para-hydroxylation sites is 1. The minimum absolute atomic E-state index is 0.120. The summed E-state index contributed by atoms with van der Waals surface area (Å²) in [7, 11) is 0. The Kier molecular flexibility index (Phi) is 4.90. The molecule has 0 aliphatic heterocycles. The van der Waals surface area contributed by atoms with Crippen LogP contribution in [0.2, 0.25) is 0 Å². The number of rotatable bonds is 3. The molecule has 0 fully saturated rings. The molecule has 0 radical (unpaired) electrons. The van der Waals surface area contributed by atoms with Crippen molar-refractivity contribution < 1.29 is 4.42 Å². The third-order valence-electron chi connectivity index (χ3n) is 8.48. The first-order chi connectivity index (χ1) is 19.6. The third-order valence-corrected chi connectivity index (χ3v) is 8.48. The number of hydrogen-bond donors (Lipinski definition) is 0. The lowest BCUT2D eigenvalue weighted by Crippen LogP contribution is -2.14. The van der Waals surface area contributed by atoms with Crippen LogP contribution in [0.1, 0.15) is 25.0 Å². The van der Waals surface area contributed by atoms with E-state index in [2.05, 4.69) is 129 Å². The first kappa shape index (κ1) is 23.0. The van der Waals surface area contributed by atoms with Crippen LogP contribution in [-0.2, 0) is 5.41 Å². The van der Waals surface area contributed by atoms with Gasteiger partial charge in [0.25, 0.3) is 0 Å². The number of aromatic nitrogens is 1. The second-order valence-electron chi connectivity index (χ2n) is 11.2. The van der Waals surface area contributed by atoms with E-state index >= 15 is 0 Å². The zero-order valence-corrected chi connectivity index (χ0v) is 22.5.